The molecule has 0 fully saturated rings. The Morgan fingerprint density at radius 2 is 2.00 bits per heavy atom. The van der Waals surface area contributed by atoms with Crippen molar-refractivity contribution in [1.82, 2.24) is 5.32 Å². The molecule has 1 rings (SSSR count). The van der Waals surface area contributed by atoms with E-state index < -0.39 is 0 Å². The van der Waals surface area contributed by atoms with Crippen LogP contribution >= 0.6 is 0 Å². The minimum Gasteiger partial charge on any atom is -0.490 e. The van der Waals surface area contributed by atoms with Crippen LogP contribution in [-0.4, -0.2) is 25.7 Å². The molecule has 0 radical (unpaired) electrons. The molecule has 0 unspecified atom stereocenters. The standard InChI is InChI=1S/C15H21NO3/c1-3-11-16-15(17)10-7-12-19-14-9-6-5-8-13(14)18-4-2/h3,5-6,8-9H,1,4,7,10-12H2,2H3,(H,16,17). The number of benzene rings is 1. The van der Waals surface area contributed by atoms with Gasteiger partial charge in [0.05, 0.1) is 13.2 Å². The second kappa shape index (κ2) is 9.03. The van der Waals surface area contributed by atoms with E-state index in [4.69, 9.17) is 9.47 Å². The number of ether oxygens (including phenoxy) is 2. The molecule has 0 aliphatic rings. The Labute approximate surface area is 114 Å². The van der Waals surface area contributed by atoms with Gasteiger partial charge in [0.1, 0.15) is 0 Å². The lowest BCUT2D eigenvalue weighted by atomic mass is 10.3. The largest absolute Gasteiger partial charge is 0.490 e. The summed E-state index contributed by atoms with van der Waals surface area (Å²) in [6, 6.07) is 7.54. The van der Waals surface area contributed by atoms with Gasteiger partial charge in [0.25, 0.3) is 0 Å². The summed E-state index contributed by atoms with van der Waals surface area (Å²) < 4.78 is 11.1. The highest BCUT2D eigenvalue weighted by Gasteiger charge is 2.04. The maximum absolute atomic E-state index is 11.3. The highest BCUT2D eigenvalue weighted by Crippen LogP contribution is 2.26. The molecule has 0 saturated heterocycles. The molecule has 1 N–H and O–H groups in total. The third-order valence-electron chi connectivity index (χ3n) is 2.40. The van der Waals surface area contributed by atoms with Gasteiger partial charge in [-0.2, -0.15) is 0 Å². The van der Waals surface area contributed by atoms with E-state index in [1.807, 2.05) is 31.2 Å². The molecular formula is C15H21NO3. The van der Waals surface area contributed by atoms with Crippen molar-refractivity contribution in [3.05, 3.63) is 36.9 Å². The fourth-order valence-electron chi connectivity index (χ4n) is 1.53. The van der Waals surface area contributed by atoms with Gasteiger partial charge >= 0.3 is 0 Å². The molecule has 0 bridgehead atoms. The van der Waals surface area contributed by atoms with Crippen LogP contribution in [0.3, 0.4) is 0 Å². The molecule has 0 saturated carbocycles. The summed E-state index contributed by atoms with van der Waals surface area (Å²) in [6.45, 7) is 7.07. The molecule has 0 spiro atoms. The van der Waals surface area contributed by atoms with Crippen molar-refractivity contribution in [3.8, 4) is 11.5 Å². The maximum atomic E-state index is 11.3. The normalized spacial score (nSPS) is 9.74. The number of nitrogens with one attached hydrogen (secondary N) is 1. The summed E-state index contributed by atoms with van der Waals surface area (Å²) in [5.74, 6) is 1.47. The number of carbonyl (C=O) groups is 1. The smallest absolute Gasteiger partial charge is 0.220 e. The highest BCUT2D eigenvalue weighted by atomic mass is 16.5. The highest BCUT2D eigenvalue weighted by molar-refractivity contribution is 5.75. The van der Waals surface area contributed by atoms with Crippen LogP contribution in [0.15, 0.2) is 36.9 Å². The Balaban J connectivity index is 2.29. The van der Waals surface area contributed by atoms with Crippen LogP contribution < -0.4 is 14.8 Å². The first-order valence-electron chi connectivity index (χ1n) is 6.50. The molecule has 1 aromatic carbocycles. The van der Waals surface area contributed by atoms with Gasteiger partial charge in [0, 0.05) is 13.0 Å². The van der Waals surface area contributed by atoms with Gasteiger partial charge < -0.3 is 14.8 Å². The quantitative estimate of drug-likeness (QED) is 0.550. The van der Waals surface area contributed by atoms with Gasteiger partial charge in [-0.3, -0.25) is 4.79 Å². The first-order chi connectivity index (χ1) is 9.27. The molecule has 0 heterocycles. The predicted octanol–water partition coefficient (Wildman–Crippen LogP) is 2.55. The van der Waals surface area contributed by atoms with Crippen LogP contribution in [0.5, 0.6) is 11.5 Å². The van der Waals surface area contributed by atoms with E-state index in [-0.39, 0.29) is 5.91 Å². The lowest BCUT2D eigenvalue weighted by molar-refractivity contribution is -0.121. The Morgan fingerprint density at radius 3 is 2.63 bits per heavy atom. The van der Waals surface area contributed by atoms with Crippen LogP contribution in [0.25, 0.3) is 0 Å². The van der Waals surface area contributed by atoms with Crippen molar-refractivity contribution in [3.63, 3.8) is 0 Å². The molecule has 4 heteroatoms. The summed E-state index contributed by atoms with van der Waals surface area (Å²) in [7, 11) is 0. The first kappa shape index (κ1) is 15.1. The van der Waals surface area contributed by atoms with Crippen molar-refractivity contribution in [2.45, 2.75) is 19.8 Å². The average Bonchev–Trinajstić information content (AvgIpc) is 2.43. The predicted molar refractivity (Wildman–Crippen MR) is 75.5 cm³/mol. The lowest BCUT2D eigenvalue weighted by Crippen LogP contribution is -2.23. The summed E-state index contributed by atoms with van der Waals surface area (Å²) in [6.07, 6.45) is 2.78. The van der Waals surface area contributed by atoms with E-state index in [1.54, 1.807) is 6.08 Å². The van der Waals surface area contributed by atoms with Crippen LogP contribution in [0.4, 0.5) is 0 Å². The van der Waals surface area contributed by atoms with E-state index in [0.717, 1.165) is 11.5 Å². The van der Waals surface area contributed by atoms with Crippen LogP contribution in [0.1, 0.15) is 19.8 Å². The van der Waals surface area contributed by atoms with Crippen molar-refractivity contribution < 1.29 is 14.3 Å². The van der Waals surface area contributed by atoms with E-state index in [9.17, 15) is 4.79 Å². The van der Waals surface area contributed by atoms with Gasteiger partial charge in [-0.25, -0.2) is 0 Å². The van der Waals surface area contributed by atoms with Crippen molar-refractivity contribution >= 4 is 5.91 Å². The second-order valence-corrected chi connectivity index (χ2v) is 3.92. The van der Waals surface area contributed by atoms with Crippen molar-refractivity contribution in [2.75, 3.05) is 19.8 Å². The molecular weight excluding hydrogens is 242 g/mol. The van der Waals surface area contributed by atoms with E-state index in [0.29, 0.717) is 32.6 Å². The summed E-state index contributed by atoms with van der Waals surface area (Å²) >= 11 is 0. The number of para-hydroxylation sites is 2. The van der Waals surface area contributed by atoms with E-state index in [1.165, 1.54) is 0 Å². The molecule has 0 aliphatic carbocycles. The molecule has 0 aromatic heterocycles. The first-order valence-corrected chi connectivity index (χ1v) is 6.50. The fraction of sp³-hybridized carbons (Fsp3) is 0.400. The third kappa shape index (κ3) is 5.95. The van der Waals surface area contributed by atoms with Gasteiger partial charge in [-0.15, -0.1) is 6.58 Å². The number of amides is 1. The molecule has 1 aromatic rings. The minimum atomic E-state index is 0.0154. The summed E-state index contributed by atoms with van der Waals surface area (Å²) in [5.41, 5.74) is 0. The Kier molecular flexibility index (Phi) is 7.17. The molecule has 0 atom stereocenters. The third-order valence-corrected chi connectivity index (χ3v) is 2.40. The van der Waals surface area contributed by atoms with Crippen molar-refractivity contribution in [1.29, 1.82) is 0 Å². The monoisotopic (exact) mass is 263 g/mol. The Morgan fingerprint density at radius 1 is 1.32 bits per heavy atom. The van der Waals surface area contributed by atoms with Crippen LogP contribution in [-0.2, 0) is 4.79 Å². The SMILES string of the molecule is C=CCNC(=O)CCCOc1ccccc1OCC. The number of hydrogen-bond donors (Lipinski definition) is 1. The molecule has 1 amide bonds. The summed E-state index contributed by atoms with van der Waals surface area (Å²) in [5, 5.41) is 2.73. The maximum Gasteiger partial charge on any atom is 0.220 e. The minimum absolute atomic E-state index is 0.0154. The lowest BCUT2D eigenvalue weighted by Gasteiger charge is -2.11. The molecule has 0 aliphatic heterocycles. The average molecular weight is 263 g/mol. The zero-order valence-corrected chi connectivity index (χ0v) is 11.4. The van der Waals surface area contributed by atoms with E-state index >= 15 is 0 Å². The molecule has 4 nitrogen and oxygen atoms in total. The van der Waals surface area contributed by atoms with Gasteiger partial charge in [-0.05, 0) is 25.5 Å². The van der Waals surface area contributed by atoms with Crippen LogP contribution in [0.2, 0.25) is 0 Å². The second-order valence-electron chi connectivity index (χ2n) is 3.92. The zero-order valence-electron chi connectivity index (χ0n) is 11.4. The van der Waals surface area contributed by atoms with Gasteiger partial charge in [0.2, 0.25) is 5.91 Å². The number of hydrogen-bond acceptors (Lipinski definition) is 3. The van der Waals surface area contributed by atoms with Gasteiger partial charge in [-0.1, -0.05) is 18.2 Å². The molecule has 19 heavy (non-hydrogen) atoms. The van der Waals surface area contributed by atoms with Crippen LogP contribution in [0, 0.1) is 0 Å². The number of carbonyl (C=O) groups excluding carboxylic acids is 1. The zero-order chi connectivity index (χ0) is 13.9. The number of rotatable bonds is 9. The Bertz CT molecular complexity index is 404. The Hall–Kier alpha value is -1.97. The van der Waals surface area contributed by atoms with E-state index in [2.05, 4.69) is 11.9 Å². The fourth-order valence-corrected chi connectivity index (χ4v) is 1.53. The van der Waals surface area contributed by atoms with Gasteiger partial charge in [0.15, 0.2) is 11.5 Å². The van der Waals surface area contributed by atoms with Crippen molar-refractivity contribution in [2.24, 2.45) is 0 Å². The molecule has 104 valence electrons. The topological polar surface area (TPSA) is 47.6 Å². The summed E-state index contributed by atoms with van der Waals surface area (Å²) in [4.78, 5) is 11.3.